The molecule has 1 aromatic carbocycles. The normalized spacial score (nSPS) is 16.6. The molecule has 1 fully saturated rings. The average molecular weight is 379 g/mol. The maximum absolute atomic E-state index is 12.7. The molecule has 1 saturated heterocycles. The Labute approximate surface area is 157 Å². The average Bonchev–Trinajstić information content (AvgIpc) is 3.02. The van der Waals surface area contributed by atoms with Crippen LogP contribution in [0.5, 0.6) is 0 Å². The van der Waals surface area contributed by atoms with Crippen LogP contribution in [0.4, 0.5) is 0 Å². The lowest BCUT2D eigenvalue weighted by atomic mass is 9.74. The van der Waals surface area contributed by atoms with Gasteiger partial charge in [0.1, 0.15) is 4.88 Å². The molecule has 0 bridgehead atoms. The lowest BCUT2D eigenvalue weighted by Gasteiger charge is -2.38. The molecule has 1 aromatic heterocycles. The van der Waals surface area contributed by atoms with Crippen LogP contribution in [0, 0.1) is 6.92 Å². The fourth-order valence-corrected chi connectivity index (χ4v) is 4.32. The summed E-state index contributed by atoms with van der Waals surface area (Å²) in [6, 6.07) is 7.95. The van der Waals surface area contributed by atoms with Crippen molar-refractivity contribution in [1.82, 2.24) is 10.3 Å². The number of carbonyl (C=O) groups excluding carboxylic acids is 1. The molecule has 0 unspecified atom stereocenters. The monoisotopic (exact) mass is 378 g/mol. The van der Waals surface area contributed by atoms with Crippen LogP contribution >= 0.6 is 22.9 Å². The number of amides is 1. The van der Waals surface area contributed by atoms with Crippen molar-refractivity contribution in [2.24, 2.45) is 0 Å². The molecule has 0 saturated carbocycles. The Kier molecular flexibility index (Phi) is 5.77. The second-order valence-electron chi connectivity index (χ2n) is 6.46. The Bertz CT molecular complexity index is 736. The third kappa shape index (κ3) is 4.05. The molecule has 1 aliphatic heterocycles. The van der Waals surface area contributed by atoms with Gasteiger partial charge in [0, 0.05) is 30.2 Å². The summed E-state index contributed by atoms with van der Waals surface area (Å²) < 4.78 is 5.55. The SMILES string of the molecule is CCc1nc(C)c(C(=O)NCC2(c3ccc(Cl)cc3)CCOCC2)s1. The van der Waals surface area contributed by atoms with Gasteiger partial charge in [0.2, 0.25) is 0 Å². The smallest absolute Gasteiger partial charge is 0.263 e. The van der Waals surface area contributed by atoms with Crippen LogP contribution in [-0.4, -0.2) is 30.6 Å². The van der Waals surface area contributed by atoms with E-state index in [1.807, 2.05) is 19.1 Å². The van der Waals surface area contributed by atoms with Crippen molar-refractivity contribution in [3.8, 4) is 0 Å². The fourth-order valence-electron chi connectivity index (χ4n) is 3.28. The molecule has 0 aliphatic carbocycles. The highest BCUT2D eigenvalue weighted by Gasteiger charge is 2.35. The van der Waals surface area contributed by atoms with Gasteiger partial charge in [0.25, 0.3) is 5.91 Å². The molecule has 0 radical (unpaired) electrons. The maximum Gasteiger partial charge on any atom is 0.263 e. The number of benzene rings is 1. The van der Waals surface area contributed by atoms with E-state index < -0.39 is 0 Å². The van der Waals surface area contributed by atoms with Gasteiger partial charge in [-0.1, -0.05) is 30.7 Å². The molecule has 25 heavy (non-hydrogen) atoms. The summed E-state index contributed by atoms with van der Waals surface area (Å²) in [4.78, 5) is 17.8. The first-order valence-electron chi connectivity index (χ1n) is 8.62. The van der Waals surface area contributed by atoms with E-state index in [1.165, 1.54) is 16.9 Å². The summed E-state index contributed by atoms with van der Waals surface area (Å²) >= 11 is 7.52. The molecule has 2 aromatic rings. The molecule has 0 spiro atoms. The Morgan fingerprint density at radius 2 is 2.00 bits per heavy atom. The van der Waals surface area contributed by atoms with Gasteiger partial charge in [0.05, 0.1) is 10.7 Å². The summed E-state index contributed by atoms with van der Waals surface area (Å²) in [6.07, 6.45) is 2.62. The Balaban J connectivity index is 1.77. The van der Waals surface area contributed by atoms with E-state index in [0.717, 1.165) is 39.9 Å². The lowest BCUT2D eigenvalue weighted by molar-refractivity contribution is 0.0487. The highest BCUT2D eigenvalue weighted by Crippen LogP contribution is 2.35. The summed E-state index contributed by atoms with van der Waals surface area (Å²) in [5.41, 5.74) is 1.91. The minimum Gasteiger partial charge on any atom is -0.381 e. The number of hydrogen-bond donors (Lipinski definition) is 1. The number of ether oxygens (including phenoxy) is 1. The van der Waals surface area contributed by atoms with E-state index in [2.05, 4.69) is 29.4 Å². The standard InChI is InChI=1S/C19H23ClN2O2S/c1-3-16-22-13(2)17(25-16)18(23)21-12-19(8-10-24-11-9-19)14-4-6-15(20)7-5-14/h4-7H,3,8-12H2,1-2H3,(H,21,23). The number of nitrogens with one attached hydrogen (secondary N) is 1. The van der Waals surface area contributed by atoms with Crippen LogP contribution in [0.15, 0.2) is 24.3 Å². The van der Waals surface area contributed by atoms with Gasteiger partial charge in [-0.15, -0.1) is 11.3 Å². The number of aromatic nitrogens is 1. The lowest BCUT2D eigenvalue weighted by Crippen LogP contribution is -2.44. The highest BCUT2D eigenvalue weighted by atomic mass is 35.5. The molecule has 6 heteroatoms. The summed E-state index contributed by atoms with van der Waals surface area (Å²) in [5, 5.41) is 4.87. The minimum atomic E-state index is -0.106. The van der Waals surface area contributed by atoms with Crippen molar-refractivity contribution in [3.63, 3.8) is 0 Å². The van der Waals surface area contributed by atoms with Crippen molar-refractivity contribution in [2.75, 3.05) is 19.8 Å². The van der Waals surface area contributed by atoms with Crippen molar-refractivity contribution in [1.29, 1.82) is 0 Å². The molecule has 0 atom stereocenters. The summed E-state index contributed by atoms with van der Waals surface area (Å²) in [6.45, 7) is 5.96. The van der Waals surface area contributed by atoms with Crippen LogP contribution in [-0.2, 0) is 16.6 Å². The van der Waals surface area contributed by atoms with Crippen LogP contribution in [0.2, 0.25) is 5.02 Å². The van der Waals surface area contributed by atoms with Crippen LogP contribution in [0.25, 0.3) is 0 Å². The van der Waals surface area contributed by atoms with Gasteiger partial charge >= 0.3 is 0 Å². The molecule has 1 N–H and O–H groups in total. The van der Waals surface area contributed by atoms with Gasteiger partial charge in [-0.05, 0) is 43.9 Å². The van der Waals surface area contributed by atoms with E-state index in [-0.39, 0.29) is 11.3 Å². The van der Waals surface area contributed by atoms with Gasteiger partial charge in [-0.25, -0.2) is 4.98 Å². The molecule has 1 amide bonds. The molecule has 134 valence electrons. The largest absolute Gasteiger partial charge is 0.381 e. The fraction of sp³-hybridized carbons (Fsp3) is 0.474. The van der Waals surface area contributed by atoms with E-state index in [9.17, 15) is 4.79 Å². The van der Waals surface area contributed by atoms with Gasteiger partial charge in [-0.2, -0.15) is 0 Å². The van der Waals surface area contributed by atoms with E-state index in [0.29, 0.717) is 19.8 Å². The van der Waals surface area contributed by atoms with Gasteiger partial charge in [-0.3, -0.25) is 4.79 Å². The predicted molar refractivity (Wildman–Crippen MR) is 102 cm³/mol. The molecular weight excluding hydrogens is 356 g/mol. The Hall–Kier alpha value is -1.43. The topological polar surface area (TPSA) is 51.2 Å². The highest BCUT2D eigenvalue weighted by molar-refractivity contribution is 7.13. The van der Waals surface area contributed by atoms with Crippen LogP contribution < -0.4 is 5.32 Å². The molecule has 2 heterocycles. The Morgan fingerprint density at radius 3 is 2.60 bits per heavy atom. The van der Waals surface area contributed by atoms with E-state index in [4.69, 9.17) is 16.3 Å². The maximum atomic E-state index is 12.7. The van der Waals surface area contributed by atoms with Crippen molar-refractivity contribution in [3.05, 3.63) is 50.4 Å². The third-order valence-corrected chi connectivity index (χ3v) is 6.40. The zero-order chi connectivity index (χ0) is 17.9. The zero-order valence-corrected chi connectivity index (χ0v) is 16.2. The summed E-state index contributed by atoms with van der Waals surface area (Å²) in [7, 11) is 0. The first-order chi connectivity index (χ1) is 12.0. The molecule has 4 nitrogen and oxygen atoms in total. The van der Waals surface area contributed by atoms with Crippen molar-refractivity contribution < 1.29 is 9.53 Å². The number of thiazole rings is 1. The predicted octanol–water partition coefficient (Wildman–Crippen LogP) is 4.15. The quantitative estimate of drug-likeness (QED) is 0.850. The van der Waals surface area contributed by atoms with Crippen LogP contribution in [0.3, 0.4) is 0 Å². The zero-order valence-electron chi connectivity index (χ0n) is 14.6. The number of hydrogen-bond acceptors (Lipinski definition) is 4. The minimum absolute atomic E-state index is 0.0328. The number of nitrogens with zero attached hydrogens (tertiary/aromatic N) is 1. The molecule has 1 aliphatic rings. The number of aryl methyl sites for hydroxylation is 2. The summed E-state index contributed by atoms with van der Waals surface area (Å²) in [5.74, 6) is -0.0328. The number of rotatable bonds is 5. The van der Waals surface area contributed by atoms with Crippen molar-refractivity contribution >= 4 is 28.8 Å². The van der Waals surface area contributed by atoms with Gasteiger partial charge in [0.15, 0.2) is 0 Å². The number of halogens is 1. The molecular formula is C19H23ClN2O2S. The van der Waals surface area contributed by atoms with E-state index in [1.54, 1.807) is 0 Å². The first-order valence-corrected chi connectivity index (χ1v) is 9.82. The second kappa shape index (κ2) is 7.85. The van der Waals surface area contributed by atoms with E-state index >= 15 is 0 Å². The van der Waals surface area contributed by atoms with Gasteiger partial charge < -0.3 is 10.1 Å². The third-order valence-electron chi connectivity index (χ3n) is 4.84. The Morgan fingerprint density at radius 1 is 1.32 bits per heavy atom. The number of carbonyl (C=O) groups is 1. The second-order valence-corrected chi connectivity index (χ2v) is 7.98. The van der Waals surface area contributed by atoms with Crippen molar-refractivity contribution in [2.45, 2.75) is 38.5 Å². The van der Waals surface area contributed by atoms with Crippen LogP contribution in [0.1, 0.15) is 45.7 Å². The molecule has 3 rings (SSSR count). The first kappa shape index (κ1) is 18.4.